The molecule has 1 atom stereocenters. The number of carbonyl (C=O) groups excluding carboxylic acids is 2. The minimum atomic E-state index is -1.00. The van der Waals surface area contributed by atoms with Crippen molar-refractivity contribution in [3.63, 3.8) is 0 Å². The summed E-state index contributed by atoms with van der Waals surface area (Å²) >= 11 is 0. The number of ether oxygens (including phenoxy) is 2. The minimum Gasteiger partial charge on any atom is -0.432 e. The van der Waals surface area contributed by atoms with Crippen LogP contribution in [0.3, 0.4) is 0 Å². The highest BCUT2D eigenvalue weighted by atomic mass is 16.7. The number of aromatic nitrogens is 2. The molecule has 1 unspecified atom stereocenters. The number of aryl methyl sites for hydroxylation is 1. The van der Waals surface area contributed by atoms with Gasteiger partial charge in [0, 0.05) is 18.0 Å². The predicted molar refractivity (Wildman–Crippen MR) is 110 cm³/mol. The van der Waals surface area contributed by atoms with Gasteiger partial charge in [-0.25, -0.2) is 14.2 Å². The summed E-state index contributed by atoms with van der Waals surface area (Å²) in [7, 11) is 0. The number of rotatable bonds is 4. The highest BCUT2D eigenvalue weighted by molar-refractivity contribution is 6.12. The molecule has 1 heterocycles. The molecule has 0 saturated carbocycles. The van der Waals surface area contributed by atoms with Gasteiger partial charge in [0.15, 0.2) is 6.73 Å². The van der Waals surface area contributed by atoms with Crippen molar-refractivity contribution in [2.75, 3.05) is 0 Å². The van der Waals surface area contributed by atoms with Crippen LogP contribution in [0.2, 0.25) is 0 Å². The fourth-order valence-corrected chi connectivity index (χ4v) is 4.00. The molecule has 162 valence electrons. The SMILES string of the molecule is CCn1c2c(c(=O)n(COC(=O)OC(C)C)c1=O)C(C)c1c(C)cc(C#N)cc1C2=O. The Kier molecular flexibility index (Phi) is 5.84. The quantitative estimate of drug-likeness (QED) is 0.690. The summed E-state index contributed by atoms with van der Waals surface area (Å²) in [5, 5.41) is 9.27. The van der Waals surface area contributed by atoms with Gasteiger partial charge in [0.05, 0.1) is 23.3 Å². The number of hydrogen-bond acceptors (Lipinski definition) is 7. The van der Waals surface area contributed by atoms with E-state index in [-0.39, 0.29) is 17.8 Å². The number of fused-ring (bicyclic) bond motifs is 2. The lowest BCUT2D eigenvalue weighted by molar-refractivity contribution is 0.0138. The highest BCUT2D eigenvalue weighted by Crippen LogP contribution is 2.36. The first-order valence-electron chi connectivity index (χ1n) is 9.92. The summed E-state index contributed by atoms with van der Waals surface area (Å²) in [4.78, 5) is 51.3. The molecular weight excluding hydrogens is 402 g/mol. The fraction of sp³-hybridized carbons (Fsp3) is 0.409. The number of nitrogens with zero attached hydrogens (tertiary/aromatic N) is 3. The number of carbonyl (C=O) groups is 2. The van der Waals surface area contributed by atoms with Gasteiger partial charge in [-0.15, -0.1) is 0 Å². The Morgan fingerprint density at radius 2 is 1.87 bits per heavy atom. The van der Waals surface area contributed by atoms with Crippen LogP contribution >= 0.6 is 0 Å². The molecule has 0 N–H and O–H groups in total. The van der Waals surface area contributed by atoms with Crippen LogP contribution in [-0.4, -0.2) is 27.2 Å². The fourth-order valence-electron chi connectivity index (χ4n) is 4.00. The highest BCUT2D eigenvalue weighted by Gasteiger charge is 2.36. The van der Waals surface area contributed by atoms with Crippen molar-refractivity contribution in [2.24, 2.45) is 0 Å². The van der Waals surface area contributed by atoms with E-state index in [0.717, 1.165) is 4.57 Å². The van der Waals surface area contributed by atoms with Crippen LogP contribution in [0.4, 0.5) is 4.79 Å². The molecule has 0 amide bonds. The second-order valence-electron chi connectivity index (χ2n) is 7.63. The van der Waals surface area contributed by atoms with Crippen LogP contribution in [0, 0.1) is 18.3 Å². The van der Waals surface area contributed by atoms with Crippen molar-refractivity contribution in [1.29, 1.82) is 5.26 Å². The van der Waals surface area contributed by atoms with E-state index >= 15 is 0 Å². The molecule has 0 bridgehead atoms. The van der Waals surface area contributed by atoms with Gasteiger partial charge in [-0.1, -0.05) is 6.92 Å². The number of hydrogen-bond donors (Lipinski definition) is 0. The molecule has 0 spiro atoms. The summed E-state index contributed by atoms with van der Waals surface area (Å²) < 4.78 is 11.8. The molecule has 1 aliphatic carbocycles. The van der Waals surface area contributed by atoms with Crippen molar-refractivity contribution in [3.8, 4) is 6.07 Å². The summed E-state index contributed by atoms with van der Waals surface area (Å²) in [6, 6.07) is 5.18. The van der Waals surface area contributed by atoms with Gasteiger partial charge in [0.2, 0.25) is 5.78 Å². The zero-order valence-corrected chi connectivity index (χ0v) is 18.0. The number of ketones is 1. The third-order valence-corrected chi connectivity index (χ3v) is 5.26. The lowest BCUT2D eigenvalue weighted by Crippen LogP contribution is -2.47. The van der Waals surface area contributed by atoms with E-state index in [1.807, 2.05) is 6.07 Å². The Morgan fingerprint density at radius 3 is 2.45 bits per heavy atom. The van der Waals surface area contributed by atoms with E-state index < -0.39 is 41.9 Å². The molecule has 0 aliphatic heterocycles. The maximum absolute atomic E-state index is 13.3. The van der Waals surface area contributed by atoms with Gasteiger partial charge in [-0.2, -0.15) is 5.26 Å². The van der Waals surface area contributed by atoms with Crippen molar-refractivity contribution in [3.05, 3.63) is 66.5 Å². The normalized spacial score (nSPS) is 14.6. The van der Waals surface area contributed by atoms with Crippen LogP contribution in [0.1, 0.15) is 71.9 Å². The van der Waals surface area contributed by atoms with Gasteiger partial charge >= 0.3 is 11.8 Å². The molecule has 0 fully saturated rings. The molecular formula is C22H23N3O6. The van der Waals surface area contributed by atoms with Gasteiger partial charge in [-0.3, -0.25) is 14.2 Å². The van der Waals surface area contributed by atoms with Crippen LogP contribution in [0.15, 0.2) is 21.7 Å². The number of benzene rings is 1. The molecule has 0 saturated heterocycles. The molecule has 2 aromatic rings. The summed E-state index contributed by atoms with van der Waals surface area (Å²) in [6.07, 6.45) is -1.42. The first-order chi connectivity index (χ1) is 14.6. The lowest BCUT2D eigenvalue weighted by Gasteiger charge is -2.28. The lowest BCUT2D eigenvalue weighted by atomic mass is 9.78. The zero-order chi connectivity index (χ0) is 23.0. The molecule has 1 aromatic carbocycles. The van der Waals surface area contributed by atoms with E-state index in [2.05, 4.69) is 0 Å². The smallest absolute Gasteiger partial charge is 0.432 e. The van der Waals surface area contributed by atoms with E-state index in [1.165, 1.54) is 10.6 Å². The molecule has 1 aromatic heterocycles. The zero-order valence-electron chi connectivity index (χ0n) is 18.0. The molecule has 9 heteroatoms. The standard InChI is InChI=1S/C22H23N3O6/c1-6-24-18-17(20(27)25(21(24)28)10-30-22(29)31-11(2)3)13(5)16-12(4)7-14(9-23)8-15(16)19(18)26/h7-8,11,13H,6,10H2,1-5H3. The Bertz CT molecular complexity index is 1250. The Morgan fingerprint density at radius 1 is 1.19 bits per heavy atom. The van der Waals surface area contributed by atoms with Crippen LogP contribution in [0.25, 0.3) is 0 Å². The average molecular weight is 425 g/mol. The van der Waals surface area contributed by atoms with Gasteiger partial charge in [0.1, 0.15) is 5.69 Å². The van der Waals surface area contributed by atoms with Gasteiger partial charge in [-0.05, 0) is 51.0 Å². The van der Waals surface area contributed by atoms with Crippen molar-refractivity contribution in [2.45, 2.75) is 59.9 Å². The third-order valence-electron chi connectivity index (χ3n) is 5.26. The average Bonchev–Trinajstić information content (AvgIpc) is 2.70. The van der Waals surface area contributed by atoms with Crippen molar-refractivity contribution < 1.29 is 19.1 Å². The summed E-state index contributed by atoms with van der Waals surface area (Å²) in [5.74, 6) is -0.984. The molecule has 3 rings (SSSR count). The molecule has 1 aliphatic rings. The van der Waals surface area contributed by atoms with E-state index in [0.29, 0.717) is 22.3 Å². The Labute approximate surface area is 178 Å². The van der Waals surface area contributed by atoms with E-state index in [9.17, 15) is 24.4 Å². The predicted octanol–water partition coefficient (Wildman–Crippen LogP) is 2.43. The first kappa shape index (κ1) is 22.0. The molecule has 31 heavy (non-hydrogen) atoms. The second kappa shape index (κ2) is 8.22. The summed E-state index contributed by atoms with van der Waals surface area (Å²) in [5.41, 5.74) is 0.695. The van der Waals surface area contributed by atoms with E-state index in [1.54, 1.807) is 40.7 Å². The van der Waals surface area contributed by atoms with Crippen LogP contribution in [0.5, 0.6) is 0 Å². The maximum Gasteiger partial charge on any atom is 0.510 e. The van der Waals surface area contributed by atoms with Gasteiger partial charge in [0.25, 0.3) is 5.56 Å². The molecule has 9 nitrogen and oxygen atoms in total. The Balaban J connectivity index is 2.21. The Hall–Kier alpha value is -3.67. The monoisotopic (exact) mass is 425 g/mol. The van der Waals surface area contributed by atoms with E-state index in [4.69, 9.17) is 9.47 Å². The molecule has 0 radical (unpaired) electrons. The largest absolute Gasteiger partial charge is 0.510 e. The van der Waals surface area contributed by atoms with Crippen molar-refractivity contribution in [1.82, 2.24) is 9.13 Å². The van der Waals surface area contributed by atoms with Crippen LogP contribution < -0.4 is 11.2 Å². The minimum absolute atomic E-state index is 0.00740. The topological polar surface area (TPSA) is 120 Å². The summed E-state index contributed by atoms with van der Waals surface area (Å²) in [6.45, 7) is 8.00. The number of nitriles is 1. The first-order valence-corrected chi connectivity index (χ1v) is 9.92. The van der Waals surface area contributed by atoms with Crippen LogP contribution in [-0.2, 0) is 22.7 Å². The van der Waals surface area contributed by atoms with Crippen molar-refractivity contribution >= 4 is 11.9 Å². The third kappa shape index (κ3) is 3.65. The van der Waals surface area contributed by atoms with Gasteiger partial charge < -0.3 is 9.47 Å². The maximum atomic E-state index is 13.3. The second-order valence-corrected chi connectivity index (χ2v) is 7.63.